The Morgan fingerprint density at radius 2 is 2.06 bits per heavy atom. The van der Waals surface area contributed by atoms with E-state index in [9.17, 15) is 9.90 Å². The molecule has 0 fully saturated rings. The molecule has 4 rings (SSSR count). The van der Waals surface area contributed by atoms with Gasteiger partial charge < -0.3 is 20.2 Å². The number of hydrogen-bond acceptors (Lipinski definition) is 7. The van der Waals surface area contributed by atoms with Crippen molar-refractivity contribution in [2.45, 2.75) is 38.4 Å². The molecule has 7 nitrogen and oxygen atoms in total. The van der Waals surface area contributed by atoms with Crippen LogP contribution < -0.4 is 5.32 Å². The van der Waals surface area contributed by atoms with Gasteiger partial charge in [0, 0.05) is 23.0 Å². The first-order valence-electron chi connectivity index (χ1n) is 11.1. The van der Waals surface area contributed by atoms with Crippen LogP contribution in [0.1, 0.15) is 35.9 Å². The second kappa shape index (κ2) is 9.59. The van der Waals surface area contributed by atoms with Gasteiger partial charge in [0.25, 0.3) is 0 Å². The summed E-state index contributed by atoms with van der Waals surface area (Å²) in [5, 5.41) is 14.5. The van der Waals surface area contributed by atoms with Crippen molar-refractivity contribution in [3.8, 4) is 0 Å². The van der Waals surface area contributed by atoms with Crippen molar-refractivity contribution in [2.24, 2.45) is 0 Å². The van der Waals surface area contributed by atoms with E-state index < -0.39 is 0 Å². The zero-order chi connectivity index (χ0) is 23.6. The van der Waals surface area contributed by atoms with Crippen LogP contribution in [0.3, 0.4) is 0 Å². The number of carbonyl (C=O) groups is 1. The van der Waals surface area contributed by atoms with Gasteiger partial charge in [-0.3, -0.25) is 4.79 Å². The maximum absolute atomic E-state index is 13.0. The average molecular weight is 466 g/mol. The number of aliphatic hydroxyl groups is 1. The molecule has 2 aromatic heterocycles. The minimum absolute atomic E-state index is 0.0267. The Kier molecular flexibility index (Phi) is 6.78. The van der Waals surface area contributed by atoms with E-state index in [1.54, 1.807) is 23.7 Å². The number of fused-ring (bicyclic) bond motifs is 3. The number of carbonyl (C=O) groups excluding carboxylic acids is 1. The molecular weight excluding hydrogens is 434 g/mol. The fourth-order valence-electron chi connectivity index (χ4n) is 4.26. The van der Waals surface area contributed by atoms with Crippen LogP contribution >= 0.6 is 11.3 Å². The lowest BCUT2D eigenvalue weighted by Crippen LogP contribution is -2.50. The van der Waals surface area contributed by atoms with Crippen molar-refractivity contribution >= 4 is 33.3 Å². The van der Waals surface area contributed by atoms with Gasteiger partial charge in [-0.25, -0.2) is 9.97 Å². The highest BCUT2D eigenvalue weighted by molar-refractivity contribution is 7.19. The molecule has 1 atom stereocenters. The van der Waals surface area contributed by atoms with Gasteiger partial charge in [0.1, 0.15) is 17.0 Å². The van der Waals surface area contributed by atoms with E-state index in [-0.39, 0.29) is 24.1 Å². The zero-order valence-electron chi connectivity index (χ0n) is 19.6. The second-order valence-corrected chi connectivity index (χ2v) is 10.4. The molecule has 0 spiro atoms. The Morgan fingerprint density at radius 3 is 2.76 bits per heavy atom. The molecule has 1 aliphatic rings. The molecule has 0 unspecified atom stereocenters. The minimum Gasteiger partial charge on any atom is -0.394 e. The van der Waals surface area contributed by atoms with Gasteiger partial charge in [-0.1, -0.05) is 36.4 Å². The topological polar surface area (TPSA) is 81.6 Å². The predicted octanol–water partition coefficient (Wildman–Crippen LogP) is 3.62. The molecular formula is C25H31N5O2S. The Balaban J connectivity index is 1.66. The van der Waals surface area contributed by atoms with Gasteiger partial charge in [-0.05, 0) is 45.5 Å². The van der Waals surface area contributed by atoms with Crippen LogP contribution in [0, 0.1) is 0 Å². The van der Waals surface area contributed by atoms with E-state index >= 15 is 0 Å². The molecule has 0 saturated carbocycles. The summed E-state index contributed by atoms with van der Waals surface area (Å²) in [5.74, 6) is 0.751. The van der Waals surface area contributed by atoms with Crippen molar-refractivity contribution in [3.05, 3.63) is 64.8 Å². The monoisotopic (exact) mass is 465 g/mol. The molecule has 0 radical (unpaired) electrons. The van der Waals surface area contributed by atoms with Crippen molar-refractivity contribution in [3.63, 3.8) is 0 Å². The van der Waals surface area contributed by atoms with E-state index in [1.807, 2.05) is 60.3 Å². The molecule has 0 aliphatic carbocycles. The molecule has 3 heterocycles. The SMILES string of the molecule is CN(C)C/C=C/C(=O)N1Cc2sc3ncnc(N[C@H](CO)c4ccccc4)c3c2CC1(C)C. The van der Waals surface area contributed by atoms with Crippen LogP contribution in [0.25, 0.3) is 10.2 Å². The van der Waals surface area contributed by atoms with E-state index in [0.29, 0.717) is 13.0 Å². The first-order valence-corrected chi connectivity index (χ1v) is 11.9. The summed E-state index contributed by atoms with van der Waals surface area (Å²) in [7, 11) is 3.96. The molecule has 3 aromatic rings. The fraction of sp³-hybridized carbons (Fsp3) is 0.400. The number of nitrogens with one attached hydrogen (secondary N) is 1. The van der Waals surface area contributed by atoms with Gasteiger partial charge >= 0.3 is 0 Å². The van der Waals surface area contributed by atoms with Gasteiger partial charge in [0.15, 0.2) is 0 Å². The van der Waals surface area contributed by atoms with Crippen LogP contribution in [-0.4, -0.2) is 63.6 Å². The van der Waals surface area contributed by atoms with Gasteiger partial charge in [0.2, 0.25) is 5.91 Å². The van der Waals surface area contributed by atoms with Crippen molar-refractivity contribution < 1.29 is 9.90 Å². The Bertz CT molecular complexity index is 1160. The highest BCUT2D eigenvalue weighted by atomic mass is 32.1. The van der Waals surface area contributed by atoms with Crippen LogP contribution in [0.15, 0.2) is 48.8 Å². The highest BCUT2D eigenvalue weighted by Gasteiger charge is 2.38. The first-order chi connectivity index (χ1) is 15.8. The third kappa shape index (κ3) is 4.93. The summed E-state index contributed by atoms with van der Waals surface area (Å²) >= 11 is 1.62. The number of anilines is 1. The van der Waals surface area contributed by atoms with Crippen LogP contribution in [0.5, 0.6) is 0 Å². The van der Waals surface area contributed by atoms with Crippen molar-refractivity contribution in [2.75, 3.05) is 32.6 Å². The van der Waals surface area contributed by atoms with Gasteiger partial charge in [-0.15, -0.1) is 11.3 Å². The predicted molar refractivity (Wildman–Crippen MR) is 133 cm³/mol. The molecule has 174 valence electrons. The number of benzene rings is 1. The van der Waals surface area contributed by atoms with Crippen LogP contribution in [0.4, 0.5) is 5.82 Å². The summed E-state index contributed by atoms with van der Waals surface area (Å²) in [6.07, 6.45) is 5.86. The number of thiophene rings is 1. The lowest BCUT2D eigenvalue weighted by Gasteiger charge is -2.42. The Labute approximate surface area is 198 Å². The quantitative estimate of drug-likeness (QED) is 0.519. The summed E-state index contributed by atoms with van der Waals surface area (Å²) in [6.45, 7) is 5.44. The summed E-state index contributed by atoms with van der Waals surface area (Å²) in [6, 6.07) is 9.60. The van der Waals surface area contributed by atoms with E-state index in [1.165, 1.54) is 5.56 Å². The molecule has 8 heteroatoms. The minimum atomic E-state index is -0.344. The standard InChI is InChI=1S/C25H31N5O2S/c1-25(2)13-18-20(14-30(25)21(32)11-8-12-29(3)4)33-24-22(18)23(26-16-27-24)28-19(15-31)17-9-6-5-7-10-17/h5-11,16,19,31H,12-15H2,1-4H3,(H,26,27,28)/b11-8+/t19-/m1/s1. The van der Waals surface area contributed by atoms with Crippen molar-refractivity contribution in [1.29, 1.82) is 0 Å². The van der Waals surface area contributed by atoms with Crippen LogP contribution in [-0.2, 0) is 17.8 Å². The number of nitrogens with zero attached hydrogens (tertiary/aromatic N) is 4. The smallest absolute Gasteiger partial charge is 0.247 e. The summed E-state index contributed by atoms with van der Waals surface area (Å²) in [5.41, 5.74) is 1.84. The fourth-order valence-corrected chi connectivity index (χ4v) is 5.41. The molecule has 1 aliphatic heterocycles. The third-order valence-electron chi connectivity index (χ3n) is 6.01. The third-order valence-corrected chi connectivity index (χ3v) is 7.13. The lowest BCUT2D eigenvalue weighted by molar-refractivity contribution is -0.132. The largest absolute Gasteiger partial charge is 0.394 e. The second-order valence-electron chi connectivity index (χ2n) is 9.27. The molecule has 2 N–H and O–H groups in total. The molecule has 33 heavy (non-hydrogen) atoms. The number of aromatic nitrogens is 2. The molecule has 0 saturated heterocycles. The van der Waals surface area contributed by atoms with Crippen LogP contribution in [0.2, 0.25) is 0 Å². The number of hydrogen-bond donors (Lipinski definition) is 2. The van der Waals surface area contributed by atoms with E-state index in [4.69, 9.17) is 0 Å². The van der Waals surface area contributed by atoms with Gasteiger partial charge in [0.05, 0.1) is 24.6 Å². The van der Waals surface area contributed by atoms with E-state index in [0.717, 1.165) is 33.0 Å². The van der Waals surface area contributed by atoms with Gasteiger partial charge in [-0.2, -0.15) is 0 Å². The normalized spacial score (nSPS) is 16.4. The molecule has 0 bridgehead atoms. The lowest BCUT2D eigenvalue weighted by atomic mass is 9.87. The highest BCUT2D eigenvalue weighted by Crippen LogP contribution is 2.42. The molecule has 1 amide bonds. The molecule has 1 aromatic carbocycles. The average Bonchev–Trinajstić information content (AvgIpc) is 3.14. The Morgan fingerprint density at radius 1 is 1.30 bits per heavy atom. The summed E-state index contributed by atoms with van der Waals surface area (Å²) < 4.78 is 0. The number of rotatable bonds is 7. The maximum atomic E-state index is 13.0. The Hall–Kier alpha value is -2.81. The zero-order valence-corrected chi connectivity index (χ0v) is 20.4. The number of amides is 1. The van der Waals surface area contributed by atoms with E-state index in [2.05, 4.69) is 29.1 Å². The number of aliphatic hydroxyl groups excluding tert-OH is 1. The first kappa shape index (κ1) is 23.4. The summed E-state index contributed by atoms with van der Waals surface area (Å²) in [4.78, 5) is 28.1. The van der Waals surface area contributed by atoms with Crippen molar-refractivity contribution in [1.82, 2.24) is 19.8 Å². The number of likely N-dealkylation sites (N-methyl/N-ethyl adjacent to an activating group) is 1. The maximum Gasteiger partial charge on any atom is 0.247 e.